The molecule has 1 aromatic carbocycles. The molecule has 0 unspecified atom stereocenters. The highest BCUT2D eigenvalue weighted by Crippen LogP contribution is 2.11. The Hall–Kier alpha value is -3.56. The smallest absolute Gasteiger partial charge is 0.338 e. The van der Waals surface area contributed by atoms with Crippen LogP contribution in [0.15, 0.2) is 36.7 Å². The normalized spacial score (nSPS) is 16.3. The lowest BCUT2D eigenvalue weighted by Crippen LogP contribution is -2.09. The molecule has 6 bridgehead atoms. The molecule has 0 fully saturated rings. The van der Waals surface area contributed by atoms with Crippen LogP contribution in [0.5, 0.6) is 0 Å². The Kier molecular flexibility index (Phi) is 6.11. The molecule has 156 valence electrons. The van der Waals surface area contributed by atoms with Gasteiger partial charge in [0.2, 0.25) is 0 Å². The van der Waals surface area contributed by atoms with E-state index in [1.165, 1.54) is 6.07 Å². The number of nitrogens with zero attached hydrogens (tertiary/aromatic N) is 6. The maximum Gasteiger partial charge on any atom is 0.338 e. The fourth-order valence-corrected chi connectivity index (χ4v) is 3.15. The number of rotatable bonds is 0. The Bertz CT molecular complexity index is 950. The molecule has 0 saturated heterocycles. The largest absolute Gasteiger partial charge is 0.455 e. The lowest BCUT2D eigenvalue weighted by molar-refractivity contribution is 0.0465. The molecule has 0 saturated carbocycles. The Morgan fingerprint density at radius 3 is 1.73 bits per heavy atom. The molecule has 10 nitrogen and oxygen atoms in total. The monoisotopic (exact) mass is 410 g/mol. The first-order chi connectivity index (χ1) is 14.7. The van der Waals surface area contributed by atoms with E-state index in [1.54, 1.807) is 40.0 Å². The van der Waals surface area contributed by atoms with Crippen molar-refractivity contribution in [2.45, 2.75) is 52.0 Å². The second kappa shape index (κ2) is 9.29. The van der Waals surface area contributed by atoms with Gasteiger partial charge in [-0.25, -0.2) is 9.59 Å². The van der Waals surface area contributed by atoms with Crippen LogP contribution in [-0.2, 0) is 35.8 Å². The summed E-state index contributed by atoms with van der Waals surface area (Å²) in [5.74, 6) is -1.10. The Morgan fingerprint density at radius 2 is 1.23 bits per heavy atom. The fraction of sp³-hybridized carbons (Fsp3) is 0.400. The number of cyclic esters (lactones) is 2. The van der Waals surface area contributed by atoms with Gasteiger partial charge in [-0.05, 0) is 31.0 Å². The van der Waals surface area contributed by atoms with Crippen molar-refractivity contribution in [1.29, 1.82) is 0 Å². The van der Waals surface area contributed by atoms with Crippen molar-refractivity contribution < 1.29 is 19.1 Å². The van der Waals surface area contributed by atoms with Gasteiger partial charge in [-0.3, -0.25) is 9.36 Å². The number of hydrogen-bond donors (Lipinski definition) is 0. The minimum Gasteiger partial charge on any atom is -0.455 e. The average molecular weight is 410 g/mol. The van der Waals surface area contributed by atoms with Crippen molar-refractivity contribution >= 4 is 11.9 Å². The number of esters is 2. The lowest BCUT2D eigenvalue weighted by Gasteiger charge is -2.06. The summed E-state index contributed by atoms with van der Waals surface area (Å²) in [7, 11) is 0. The van der Waals surface area contributed by atoms with Gasteiger partial charge in [0.25, 0.3) is 0 Å². The van der Waals surface area contributed by atoms with Gasteiger partial charge in [0, 0.05) is 13.1 Å². The number of benzene rings is 1. The van der Waals surface area contributed by atoms with E-state index in [0.29, 0.717) is 11.4 Å². The summed E-state index contributed by atoms with van der Waals surface area (Å²) >= 11 is 0. The van der Waals surface area contributed by atoms with E-state index in [2.05, 4.69) is 20.6 Å². The standard InChI is InChI=1S/C20H22N6O4/c27-19-15-6-5-7-16(10-15)20(28)30-14-18-12-26(24-22-18)9-4-2-1-3-8-25-11-17(13-29-19)21-23-25/h5-7,10-12H,1-4,8-9,13-14H2. The molecular weight excluding hydrogens is 388 g/mol. The second-order valence-electron chi connectivity index (χ2n) is 7.09. The van der Waals surface area contributed by atoms with Gasteiger partial charge in [0.15, 0.2) is 0 Å². The number of aromatic nitrogens is 6. The van der Waals surface area contributed by atoms with Crippen LogP contribution < -0.4 is 0 Å². The fourth-order valence-electron chi connectivity index (χ4n) is 3.15. The van der Waals surface area contributed by atoms with E-state index in [-0.39, 0.29) is 24.3 Å². The molecule has 0 amide bonds. The van der Waals surface area contributed by atoms with Crippen molar-refractivity contribution in [3.05, 3.63) is 59.2 Å². The van der Waals surface area contributed by atoms with Crippen molar-refractivity contribution in [3.8, 4) is 0 Å². The number of hydrogen-bond acceptors (Lipinski definition) is 8. The first kappa shape index (κ1) is 19.7. The Morgan fingerprint density at radius 1 is 0.733 bits per heavy atom. The molecular formula is C20H22N6O4. The van der Waals surface area contributed by atoms with Crippen LogP contribution in [0.4, 0.5) is 0 Å². The minimum absolute atomic E-state index is 0.0164. The SMILES string of the molecule is O=C1OCc2cn(nn2)CCCCCCn2cc(nn2)COC(=O)c2cccc1c2. The van der Waals surface area contributed by atoms with Crippen molar-refractivity contribution in [2.24, 2.45) is 0 Å². The third kappa shape index (κ3) is 5.07. The van der Waals surface area contributed by atoms with E-state index in [4.69, 9.17) is 9.47 Å². The van der Waals surface area contributed by atoms with Gasteiger partial charge >= 0.3 is 11.9 Å². The van der Waals surface area contributed by atoms with E-state index >= 15 is 0 Å². The molecule has 2 aromatic heterocycles. The summed E-state index contributed by atoms with van der Waals surface area (Å²) in [6.07, 6.45) is 7.63. The van der Waals surface area contributed by atoms with Crippen molar-refractivity contribution in [1.82, 2.24) is 30.0 Å². The molecule has 0 aliphatic carbocycles. The molecule has 0 N–H and O–H groups in total. The molecule has 30 heavy (non-hydrogen) atoms. The van der Waals surface area contributed by atoms with Gasteiger partial charge in [0.1, 0.15) is 24.6 Å². The van der Waals surface area contributed by atoms with E-state index < -0.39 is 11.9 Å². The maximum atomic E-state index is 12.3. The Labute approximate surface area is 172 Å². The van der Waals surface area contributed by atoms with Gasteiger partial charge < -0.3 is 9.47 Å². The van der Waals surface area contributed by atoms with Gasteiger partial charge in [-0.2, -0.15) is 0 Å². The zero-order chi connectivity index (χ0) is 20.8. The molecule has 3 aromatic rings. The van der Waals surface area contributed by atoms with Gasteiger partial charge in [0.05, 0.1) is 23.5 Å². The summed E-state index contributed by atoms with van der Waals surface area (Å²) in [5.41, 5.74) is 1.67. The van der Waals surface area contributed by atoms with Crippen LogP contribution in [0.2, 0.25) is 0 Å². The van der Waals surface area contributed by atoms with Crippen molar-refractivity contribution in [3.63, 3.8) is 0 Å². The van der Waals surface area contributed by atoms with Crippen LogP contribution >= 0.6 is 0 Å². The minimum atomic E-state index is -0.548. The zero-order valence-electron chi connectivity index (χ0n) is 16.4. The maximum absolute atomic E-state index is 12.3. The summed E-state index contributed by atoms with van der Waals surface area (Å²) in [6.45, 7) is 1.55. The summed E-state index contributed by atoms with van der Waals surface area (Å²) in [5, 5.41) is 16.2. The molecule has 3 heterocycles. The molecule has 0 spiro atoms. The molecule has 0 radical (unpaired) electrons. The highest BCUT2D eigenvalue weighted by molar-refractivity contribution is 5.95. The van der Waals surface area contributed by atoms with E-state index in [9.17, 15) is 9.59 Å². The zero-order valence-corrected chi connectivity index (χ0v) is 16.4. The molecule has 1 aliphatic heterocycles. The second-order valence-corrected chi connectivity index (χ2v) is 7.09. The highest BCUT2D eigenvalue weighted by Gasteiger charge is 2.14. The van der Waals surface area contributed by atoms with Crippen LogP contribution in [0.25, 0.3) is 0 Å². The average Bonchev–Trinajstić information content (AvgIpc) is 3.41. The van der Waals surface area contributed by atoms with Crippen LogP contribution in [0, 0.1) is 0 Å². The third-order valence-corrected chi connectivity index (χ3v) is 4.73. The van der Waals surface area contributed by atoms with Gasteiger partial charge in [-0.1, -0.05) is 29.3 Å². The highest BCUT2D eigenvalue weighted by atomic mass is 16.5. The van der Waals surface area contributed by atoms with Crippen LogP contribution in [-0.4, -0.2) is 41.9 Å². The summed E-state index contributed by atoms with van der Waals surface area (Å²) in [6, 6.07) is 6.21. The topological polar surface area (TPSA) is 114 Å². The molecule has 0 atom stereocenters. The van der Waals surface area contributed by atoms with Crippen LogP contribution in [0.1, 0.15) is 57.8 Å². The third-order valence-electron chi connectivity index (χ3n) is 4.73. The first-order valence-electron chi connectivity index (χ1n) is 9.90. The predicted octanol–water partition coefficient (Wildman–Crippen LogP) is 2.16. The number of aryl methyl sites for hydroxylation is 2. The van der Waals surface area contributed by atoms with E-state index in [0.717, 1.165) is 38.8 Å². The van der Waals surface area contributed by atoms with Gasteiger partial charge in [-0.15, -0.1) is 10.2 Å². The molecule has 4 rings (SSSR count). The number of fused-ring (bicyclic) bond motifs is 6. The quantitative estimate of drug-likeness (QED) is 0.518. The van der Waals surface area contributed by atoms with Crippen LogP contribution in [0.3, 0.4) is 0 Å². The molecule has 10 heteroatoms. The lowest BCUT2D eigenvalue weighted by atomic mass is 10.1. The summed E-state index contributed by atoms with van der Waals surface area (Å²) < 4.78 is 14.1. The predicted molar refractivity (Wildman–Crippen MR) is 103 cm³/mol. The van der Waals surface area contributed by atoms with Crippen molar-refractivity contribution in [2.75, 3.05) is 0 Å². The first-order valence-corrected chi connectivity index (χ1v) is 9.90. The Balaban J connectivity index is 1.49. The summed E-state index contributed by atoms with van der Waals surface area (Å²) in [4.78, 5) is 24.7. The number of carbonyl (C=O) groups excluding carboxylic acids is 2. The number of ether oxygens (including phenoxy) is 2. The van der Waals surface area contributed by atoms with E-state index in [1.807, 2.05) is 0 Å². The molecule has 1 aliphatic rings. The number of carbonyl (C=O) groups is 2.